The Bertz CT molecular complexity index is 800. The predicted octanol–water partition coefficient (Wildman–Crippen LogP) is 3.52. The molecule has 0 unspecified atom stereocenters. The normalized spacial score (nSPS) is 11.9. The third-order valence-electron chi connectivity index (χ3n) is 3.54. The van der Waals surface area contributed by atoms with Crippen molar-refractivity contribution >= 4 is 21.8 Å². The van der Waals surface area contributed by atoms with Gasteiger partial charge in [-0.05, 0) is 52.7 Å². The maximum atomic E-state index is 12.3. The van der Waals surface area contributed by atoms with Gasteiger partial charge in [0.1, 0.15) is 12.7 Å². The van der Waals surface area contributed by atoms with E-state index in [9.17, 15) is 4.79 Å². The first kappa shape index (κ1) is 15.4. The summed E-state index contributed by atoms with van der Waals surface area (Å²) in [6.45, 7) is 1.96. The molecule has 1 heterocycles. The number of carbonyl (C=O) groups excluding carboxylic acids is 1. The van der Waals surface area contributed by atoms with Crippen molar-refractivity contribution in [3.63, 3.8) is 0 Å². The Morgan fingerprint density at radius 3 is 2.57 bits per heavy atom. The summed E-state index contributed by atoms with van der Waals surface area (Å²) in [5, 5.41) is 7.09. The van der Waals surface area contributed by atoms with Crippen LogP contribution in [-0.2, 0) is 0 Å². The van der Waals surface area contributed by atoms with Gasteiger partial charge < -0.3 is 5.32 Å². The van der Waals surface area contributed by atoms with E-state index in [-0.39, 0.29) is 11.9 Å². The Morgan fingerprint density at radius 1 is 1.17 bits per heavy atom. The molecule has 0 saturated carbocycles. The molecule has 1 N–H and O–H groups in total. The van der Waals surface area contributed by atoms with Crippen LogP contribution in [0.3, 0.4) is 0 Å². The molecule has 0 aliphatic heterocycles. The molecular formula is C17H15BrN4O. The largest absolute Gasteiger partial charge is 0.345 e. The lowest BCUT2D eigenvalue weighted by molar-refractivity contribution is 0.0939. The molecule has 0 bridgehead atoms. The number of halogens is 1. The summed E-state index contributed by atoms with van der Waals surface area (Å²) in [4.78, 5) is 16.3. The Balaban J connectivity index is 1.72. The molecule has 0 aliphatic carbocycles. The van der Waals surface area contributed by atoms with E-state index in [1.807, 2.05) is 49.4 Å². The molecule has 0 fully saturated rings. The summed E-state index contributed by atoms with van der Waals surface area (Å²) in [6.07, 6.45) is 3.14. The van der Waals surface area contributed by atoms with Crippen molar-refractivity contribution in [1.29, 1.82) is 0 Å². The number of aromatic nitrogens is 3. The molecular weight excluding hydrogens is 356 g/mol. The number of rotatable bonds is 4. The maximum absolute atomic E-state index is 12.3. The second kappa shape index (κ2) is 6.75. The topological polar surface area (TPSA) is 59.8 Å². The summed E-state index contributed by atoms with van der Waals surface area (Å²) in [5.74, 6) is -0.106. The van der Waals surface area contributed by atoms with Crippen LogP contribution in [0.25, 0.3) is 5.69 Å². The molecule has 6 heteroatoms. The highest BCUT2D eigenvalue weighted by molar-refractivity contribution is 9.10. The van der Waals surface area contributed by atoms with E-state index in [2.05, 4.69) is 31.3 Å². The minimum atomic E-state index is -0.106. The van der Waals surface area contributed by atoms with E-state index in [1.54, 1.807) is 17.1 Å². The van der Waals surface area contributed by atoms with Gasteiger partial charge in [-0.25, -0.2) is 9.67 Å². The third kappa shape index (κ3) is 3.48. The molecule has 116 valence electrons. The van der Waals surface area contributed by atoms with Crippen LogP contribution in [0.5, 0.6) is 0 Å². The number of benzene rings is 2. The van der Waals surface area contributed by atoms with Crippen LogP contribution in [0, 0.1) is 0 Å². The van der Waals surface area contributed by atoms with Gasteiger partial charge in [-0.15, -0.1) is 0 Å². The van der Waals surface area contributed by atoms with Gasteiger partial charge in [0.2, 0.25) is 0 Å². The van der Waals surface area contributed by atoms with Crippen molar-refractivity contribution in [2.45, 2.75) is 13.0 Å². The second-order valence-electron chi connectivity index (χ2n) is 5.11. The zero-order valence-corrected chi connectivity index (χ0v) is 14.1. The van der Waals surface area contributed by atoms with Gasteiger partial charge >= 0.3 is 0 Å². The fourth-order valence-corrected chi connectivity index (χ4v) is 2.73. The van der Waals surface area contributed by atoms with Crippen molar-refractivity contribution in [1.82, 2.24) is 20.1 Å². The second-order valence-corrected chi connectivity index (χ2v) is 5.96. The lowest BCUT2D eigenvalue weighted by Crippen LogP contribution is -2.26. The molecule has 2 aromatic carbocycles. The van der Waals surface area contributed by atoms with Crippen LogP contribution in [0.15, 0.2) is 65.7 Å². The standard InChI is InChI=1S/C17H15BrN4O/c1-12(21-17(23)15-4-2-3-5-16(15)18)13-6-8-14(9-7-13)22-11-19-10-20-22/h2-12H,1H3,(H,21,23)/t12-/m1/s1. The third-order valence-corrected chi connectivity index (χ3v) is 4.23. The molecule has 0 spiro atoms. The van der Waals surface area contributed by atoms with E-state index in [4.69, 9.17) is 0 Å². The van der Waals surface area contributed by atoms with Crippen LogP contribution in [0.4, 0.5) is 0 Å². The van der Waals surface area contributed by atoms with Gasteiger partial charge in [0.25, 0.3) is 5.91 Å². The monoisotopic (exact) mass is 370 g/mol. The van der Waals surface area contributed by atoms with Gasteiger partial charge in [0.05, 0.1) is 17.3 Å². The fraction of sp³-hybridized carbons (Fsp3) is 0.118. The number of hydrogen-bond acceptors (Lipinski definition) is 3. The van der Waals surface area contributed by atoms with Crippen molar-refractivity contribution < 1.29 is 4.79 Å². The molecule has 1 amide bonds. The van der Waals surface area contributed by atoms with E-state index in [1.165, 1.54) is 6.33 Å². The number of nitrogens with one attached hydrogen (secondary N) is 1. The Hall–Kier alpha value is -2.47. The van der Waals surface area contributed by atoms with Crippen molar-refractivity contribution in [3.05, 3.63) is 76.8 Å². The SMILES string of the molecule is C[C@@H](NC(=O)c1ccccc1Br)c1ccc(-n2cncn2)cc1. The van der Waals surface area contributed by atoms with Crippen molar-refractivity contribution in [2.75, 3.05) is 0 Å². The van der Waals surface area contributed by atoms with E-state index < -0.39 is 0 Å². The van der Waals surface area contributed by atoms with Gasteiger partial charge in [-0.1, -0.05) is 24.3 Å². The van der Waals surface area contributed by atoms with Crippen molar-refractivity contribution in [3.8, 4) is 5.69 Å². The first-order valence-corrected chi connectivity index (χ1v) is 7.95. The van der Waals surface area contributed by atoms with Crippen LogP contribution in [-0.4, -0.2) is 20.7 Å². The number of nitrogens with zero attached hydrogens (tertiary/aromatic N) is 3. The van der Waals surface area contributed by atoms with Crippen LogP contribution < -0.4 is 5.32 Å². The Labute approximate surface area is 142 Å². The fourth-order valence-electron chi connectivity index (χ4n) is 2.26. The average Bonchev–Trinajstić information content (AvgIpc) is 3.09. The molecule has 0 saturated heterocycles. The van der Waals surface area contributed by atoms with E-state index in [0.717, 1.165) is 15.7 Å². The molecule has 5 nitrogen and oxygen atoms in total. The highest BCUT2D eigenvalue weighted by Crippen LogP contribution is 2.19. The first-order chi connectivity index (χ1) is 11.1. The Kier molecular flexibility index (Phi) is 4.52. The number of hydrogen-bond donors (Lipinski definition) is 1. The van der Waals surface area contributed by atoms with E-state index >= 15 is 0 Å². The molecule has 3 aromatic rings. The molecule has 23 heavy (non-hydrogen) atoms. The van der Waals surface area contributed by atoms with Gasteiger partial charge in [-0.2, -0.15) is 5.10 Å². The smallest absolute Gasteiger partial charge is 0.252 e. The summed E-state index contributed by atoms with van der Waals surface area (Å²) < 4.78 is 2.47. The highest BCUT2D eigenvalue weighted by atomic mass is 79.9. The maximum Gasteiger partial charge on any atom is 0.252 e. The van der Waals surface area contributed by atoms with Crippen LogP contribution >= 0.6 is 15.9 Å². The predicted molar refractivity (Wildman–Crippen MR) is 91.4 cm³/mol. The minimum absolute atomic E-state index is 0.0978. The van der Waals surface area contributed by atoms with E-state index in [0.29, 0.717) is 5.56 Å². The molecule has 0 aliphatic rings. The Morgan fingerprint density at radius 2 is 1.91 bits per heavy atom. The zero-order valence-electron chi connectivity index (χ0n) is 12.5. The van der Waals surface area contributed by atoms with Crippen molar-refractivity contribution in [2.24, 2.45) is 0 Å². The van der Waals surface area contributed by atoms with Gasteiger partial charge in [-0.3, -0.25) is 4.79 Å². The number of amides is 1. The average molecular weight is 371 g/mol. The lowest BCUT2D eigenvalue weighted by atomic mass is 10.1. The minimum Gasteiger partial charge on any atom is -0.345 e. The molecule has 0 radical (unpaired) electrons. The van der Waals surface area contributed by atoms with Crippen LogP contribution in [0.1, 0.15) is 28.9 Å². The zero-order chi connectivity index (χ0) is 16.2. The van der Waals surface area contributed by atoms with Crippen LogP contribution in [0.2, 0.25) is 0 Å². The summed E-state index contributed by atoms with van der Waals surface area (Å²) in [6, 6.07) is 15.1. The summed E-state index contributed by atoms with van der Waals surface area (Å²) in [5.41, 5.74) is 2.57. The molecule has 1 atom stereocenters. The molecule has 1 aromatic heterocycles. The molecule has 3 rings (SSSR count). The summed E-state index contributed by atoms with van der Waals surface area (Å²) in [7, 11) is 0. The lowest BCUT2D eigenvalue weighted by Gasteiger charge is -2.15. The van der Waals surface area contributed by atoms with Gasteiger partial charge in [0, 0.05) is 4.47 Å². The summed E-state index contributed by atoms with van der Waals surface area (Å²) >= 11 is 3.40. The quantitative estimate of drug-likeness (QED) is 0.764. The highest BCUT2D eigenvalue weighted by Gasteiger charge is 2.13. The number of carbonyl (C=O) groups is 1. The first-order valence-electron chi connectivity index (χ1n) is 7.15. The van der Waals surface area contributed by atoms with Gasteiger partial charge in [0.15, 0.2) is 0 Å².